The second-order valence-electron chi connectivity index (χ2n) is 5.68. The zero-order chi connectivity index (χ0) is 12.9. The van der Waals surface area contributed by atoms with Crippen LogP contribution in [0.1, 0.15) is 43.4 Å². The summed E-state index contributed by atoms with van der Waals surface area (Å²) in [5.41, 5.74) is 2.62. The van der Waals surface area contributed by atoms with Crippen LogP contribution in [0.4, 0.5) is 5.82 Å². The first kappa shape index (κ1) is 12.9. The zero-order valence-electron chi connectivity index (χ0n) is 11.7. The summed E-state index contributed by atoms with van der Waals surface area (Å²) >= 11 is 0. The van der Waals surface area contributed by atoms with Crippen LogP contribution in [0.2, 0.25) is 0 Å². The summed E-state index contributed by atoms with van der Waals surface area (Å²) < 4.78 is 0. The van der Waals surface area contributed by atoms with E-state index in [0.717, 1.165) is 31.7 Å². The number of likely N-dealkylation sites (tertiary alicyclic amines) is 1. The summed E-state index contributed by atoms with van der Waals surface area (Å²) in [7, 11) is 0. The van der Waals surface area contributed by atoms with Crippen molar-refractivity contribution in [1.82, 2.24) is 14.9 Å². The lowest BCUT2D eigenvalue weighted by molar-refractivity contribution is 0.296. The van der Waals surface area contributed by atoms with Crippen molar-refractivity contribution in [1.29, 1.82) is 0 Å². The highest BCUT2D eigenvalue weighted by Gasteiger charge is 2.16. The first-order chi connectivity index (χ1) is 9.43. The van der Waals surface area contributed by atoms with Crippen molar-refractivity contribution in [3.05, 3.63) is 17.6 Å². The van der Waals surface area contributed by atoms with Crippen molar-refractivity contribution in [2.24, 2.45) is 0 Å². The number of rotatable bonds is 4. The number of hydrogen-bond donors (Lipinski definition) is 1. The Hall–Kier alpha value is -1.16. The summed E-state index contributed by atoms with van der Waals surface area (Å²) in [4.78, 5) is 11.4. The molecule has 1 aliphatic carbocycles. The topological polar surface area (TPSA) is 41.1 Å². The molecule has 1 aromatic rings. The lowest BCUT2D eigenvalue weighted by Gasteiger charge is -2.20. The molecule has 0 amide bonds. The van der Waals surface area contributed by atoms with Crippen LogP contribution in [0, 0.1) is 0 Å². The van der Waals surface area contributed by atoms with E-state index in [1.54, 1.807) is 6.33 Å². The van der Waals surface area contributed by atoms with Gasteiger partial charge in [-0.3, -0.25) is 0 Å². The average Bonchev–Trinajstić information content (AvgIpc) is 2.77. The van der Waals surface area contributed by atoms with Crippen LogP contribution >= 0.6 is 0 Å². The SMILES string of the molecule is c1nc2c(c(NCCN3CCCCCC3)n1)CCC2. The van der Waals surface area contributed by atoms with Crippen LogP contribution in [0.15, 0.2) is 6.33 Å². The summed E-state index contributed by atoms with van der Waals surface area (Å²) in [5, 5.41) is 3.52. The van der Waals surface area contributed by atoms with Crippen LogP contribution in [0.25, 0.3) is 0 Å². The van der Waals surface area contributed by atoms with Gasteiger partial charge in [0.1, 0.15) is 12.1 Å². The van der Waals surface area contributed by atoms with Gasteiger partial charge in [-0.15, -0.1) is 0 Å². The fourth-order valence-corrected chi connectivity index (χ4v) is 3.20. The van der Waals surface area contributed by atoms with Gasteiger partial charge < -0.3 is 10.2 Å². The van der Waals surface area contributed by atoms with Gasteiger partial charge in [-0.1, -0.05) is 12.8 Å². The largest absolute Gasteiger partial charge is 0.368 e. The Morgan fingerprint density at radius 3 is 2.68 bits per heavy atom. The van der Waals surface area contributed by atoms with Gasteiger partial charge in [0.05, 0.1) is 0 Å². The molecule has 19 heavy (non-hydrogen) atoms. The number of nitrogens with zero attached hydrogens (tertiary/aromatic N) is 3. The number of fused-ring (bicyclic) bond motifs is 1. The van der Waals surface area contributed by atoms with Crippen molar-refractivity contribution in [3.63, 3.8) is 0 Å². The second-order valence-corrected chi connectivity index (χ2v) is 5.68. The third-order valence-corrected chi connectivity index (χ3v) is 4.29. The van der Waals surface area contributed by atoms with E-state index in [0.29, 0.717) is 0 Å². The molecule has 1 fully saturated rings. The molecule has 0 atom stereocenters. The van der Waals surface area contributed by atoms with Crippen LogP contribution in [0.3, 0.4) is 0 Å². The zero-order valence-corrected chi connectivity index (χ0v) is 11.7. The Labute approximate surface area is 115 Å². The molecule has 0 spiro atoms. The van der Waals surface area contributed by atoms with E-state index >= 15 is 0 Å². The second kappa shape index (κ2) is 6.33. The minimum Gasteiger partial charge on any atom is -0.368 e. The minimum absolute atomic E-state index is 1.00. The maximum atomic E-state index is 4.41. The number of hydrogen-bond acceptors (Lipinski definition) is 4. The standard InChI is InChI=1S/C15H24N4/c1-2-4-10-19(9-3-1)11-8-16-15-13-6-5-7-14(13)17-12-18-15/h12H,1-11H2,(H,16,17,18). The lowest BCUT2D eigenvalue weighted by atomic mass is 10.2. The first-order valence-corrected chi connectivity index (χ1v) is 7.72. The Balaban J connectivity index is 1.51. The van der Waals surface area contributed by atoms with Crippen molar-refractivity contribution < 1.29 is 0 Å². The van der Waals surface area contributed by atoms with E-state index in [9.17, 15) is 0 Å². The highest BCUT2D eigenvalue weighted by molar-refractivity contribution is 5.47. The highest BCUT2D eigenvalue weighted by atomic mass is 15.1. The van der Waals surface area contributed by atoms with Gasteiger partial charge in [0.15, 0.2) is 0 Å². The summed E-state index contributed by atoms with van der Waals surface area (Å²) in [6.07, 6.45) is 10.7. The molecule has 0 radical (unpaired) electrons. The van der Waals surface area contributed by atoms with Crippen molar-refractivity contribution in [3.8, 4) is 0 Å². The molecule has 104 valence electrons. The molecule has 2 heterocycles. The molecular formula is C15H24N4. The predicted molar refractivity (Wildman–Crippen MR) is 77.5 cm³/mol. The summed E-state index contributed by atoms with van der Waals surface area (Å²) in [6.45, 7) is 4.68. The average molecular weight is 260 g/mol. The molecule has 0 aromatic carbocycles. The van der Waals surface area contributed by atoms with Gasteiger partial charge >= 0.3 is 0 Å². The van der Waals surface area contributed by atoms with Crippen LogP contribution in [-0.4, -0.2) is 41.0 Å². The van der Waals surface area contributed by atoms with Gasteiger partial charge in [0.2, 0.25) is 0 Å². The number of aryl methyl sites for hydroxylation is 1. The molecule has 4 nitrogen and oxygen atoms in total. The smallest absolute Gasteiger partial charge is 0.132 e. The lowest BCUT2D eigenvalue weighted by Crippen LogP contribution is -2.30. The molecule has 0 bridgehead atoms. The monoisotopic (exact) mass is 260 g/mol. The molecule has 1 saturated heterocycles. The molecule has 1 N–H and O–H groups in total. The molecule has 4 heteroatoms. The van der Waals surface area contributed by atoms with E-state index < -0.39 is 0 Å². The van der Waals surface area contributed by atoms with Gasteiger partial charge in [-0.2, -0.15) is 0 Å². The fraction of sp³-hybridized carbons (Fsp3) is 0.733. The molecule has 1 aliphatic heterocycles. The maximum absolute atomic E-state index is 4.41. The number of anilines is 1. The van der Waals surface area contributed by atoms with E-state index in [-0.39, 0.29) is 0 Å². The first-order valence-electron chi connectivity index (χ1n) is 7.72. The Morgan fingerprint density at radius 1 is 1.00 bits per heavy atom. The normalized spacial score (nSPS) is 20.0. The van der Waals surface area contributed by atoms with Crippen LogP contribution in [-0.2, 0) is 12.8 Å². The predicted octanol–water partition coefficient (Wildman–Crippen LogP) is 2.25. The highest BCUT2D eigenvalue weighted by Crippen LogP contribution is 2.24. The quantitative estimate of drug-likeness (QED) is 0.901. The Bertz CT molecular complexity index is 411. The van der Waals surface area contributed by atoms with Crippen molar-refractivity contribution in [2.45, 2.75) is 44.9 Å². The number of nitrogens with one attached hydrogen (secondary N) is 1. The van der Waals surface area contributed by atoms with E-state index in [4.69, 9.17) is 0 Å². The van der Waals surface area contributed by atoms with Gasteiger partial charge in [0, 0.05) is 24.3 Å². The van der Waals surface area contributed by atoms with Crippen LogP contribution in [0.5, 0.6) is 0 Å². The molecule has 0 saturated carbocycles. The summed E-state index contributed by atoms with van der Waals surface area (Å²) in [6, 6.07) is 0. The molecule has 2 aliphatic rings. The third kappa shape index (κ3) is 3.24. The van der Waals surface area contributed by atoms with Gasteiger partial charge in [-0.05, 0) is 45.2 Å². The molecule has 3 rings (SSSR count). The van der Waals surface area contributed by atoms with E-state index in [2.05, 4.69) is 20.2 Å². The van der Waals surface area contributed by atoms with Gasteiger partial charge in [0.25, 0.3) is 0 Å². The number of aromatic nitrogens is 2. The van der Waals surface area contributed by atoms with Crippen molar-refractivity contribution in [2.75, 3.05) is 31.5 Å². The third-order valence-electron chi connectivity index (χ3n) is 4.29. The summed E-state index contributed by atoms with van der Waals surface area (Å²) in [5.74, 6) is 1.08. The van der Waals surface area contributed by atoms with E-state index in [1.807, 2.05) is 0 Å². The Kier molecular flexibility index (Phi) is 4.28. The molecular weight excluding hydrogens is 236 g/mol. The maximum Gasteiger partial charge on any atom is 0.132 e. The van der Waals surface area contributed by atoms with Crippen molar-refractivity contribution >= 4 is 5.82 Å². The van der Waals surface area contributed by atoms with Crippen LogP contribution < -0.4 is 5.32 Å². The molecule has 1 aromatic heterocycles. The van der Waals surface area contributed by atoms with E-state index in [1.165, 1.54) is 56.5 Å². The fourth-order valence-electron chi connectivity index (χ4n) is 3.20. The Morgan fingerprint density at radius 2 is 1.84 bits per heavy atom. The van der Waals surface area contributed by atoms with Gasteiger partial charge in [-0.25, -0.2) is 9.97 Å². The molecule has 0 unspecified atom stereocenters. The minimum atomic E-state index is 1.00.